The molecule has 1 aliphatic rings. The van der Waals surface area contributed by atoms with Crippen molar-refractivity contribution in [1.82, 2.24) is 15.1 Å². The lowest BCUT2D eigenvalue weighted by molar-refractivity contribution is 0.204. The molecule has 2 aromatic heterocycles. The van der Waals surface area contributed by atoms with E-state index in [0.717, 1.165) is 13.0 Å². The minimum Gasteiger partial charge on any atom is -0.298 e. The summed E-state index contributed by atoms with van der Waals surface area (Å²) in [6.45, 7) is 3.45. The van der Waals surface area contributed by atoms with Crippen molar-refractivity contribution in [2.24, 2.45) is 0 Å². The standard InChI is InChI=1S/C20H23N3S/c1-2-5-16(6-3-1)13-18-14-21-22-20(18)17-8-10-23(11-9-17)15-19-7-4-12-24-19/h1-7,12,14,17H,8-11,13,15H2,(H,21,22). The molecule has 0 radical (unpaired) electrons. The fourth-order valence-corrected chi connectivity index (χ4v) is 4.38. The Bertz CT molecular complexity index is 740. The molecule has 1 aromatic carbocycles. The van der Waals surface area contributed by atoms with Gasteiger partial charge in [-0.15, -0.1) is 11.3 Å². The van der Waals surface area contributed by atoms with Gasteiger partial charge in [0.1, 0.15) is 0 Å². The SMILES string of the molecule is c1ccc(Cc2cn[nH]c2C2CCN(Cc3cccs3)CC2)cc1. The van der Waals surface area contributed by atoms with E-state index in [1.165, 1.54) is 47.6 Å². The molecular formula is C20H23N3S. The van der Waals surface area contributed by atoms with Gasteiger partial charge < -0.3 is 0 Å². The van der Waals surface area contributed by atoms with E-state index in [-0.39, 0.29) is 0 Å². The number of rotatable bonds is 5. The lowest BCUT2D eigenvalue weighted by Gasteiger charge is -2.31. The van der Waals surface area contributed by atoms with Crippen LogP contribution in [0.4, 0.5) is 0 Å². The van der Waals surface area contributed by atoms with Crippen molar-refractivity contribution in [2.45, 2.75) is 31.7 Å². The molecule has 0 atom stereocenters. The van der Waals surface area contributed by atoms with Gasteiger partial charge in [-0.3, -0.25) is 10.00 Å². The number of H-pyrrole nitrogens is 1. The second-order valence-electron chi connectivity index (χ2n) is 6.60. The number of aromatic amines is 1. The summed E-state index contributed by atoms with van der Waals surface area (Å²) in [6, 6.07) is 15.1. The van der Waals surface area contributed by atoms with Crippen LogP contribution < -0.4 is 0 Å². The number of nitrogens with one attached hydrogen (secondary N) is 1. The summed E-state index contributed by atoms with van der Waals surface area (Å²) in [6.07, 6.45) is 5.42. The van der Waals surface area contributed by atoms with Gasteiger partial charge in [-0.25, -0.2) is 0 Å². The average Bonchev–Trinajstić information content (AvgIpc) is 3.29. The largest absolute Gasteiger partial charge is 0.298 e. The Morgan fingerprint density at radius 1 is 1.08 bits per heavy atom. The minimum absolute atomic E-state index is 0.616. The first-order chi connectivity index (χ1) is 11.9. The molecule has 0 bridgehead atoms. The molecule has 3 aromatic rings. The highest BCUT2D eigenvalue weighted by atomic mass is 32.1. The van der Waals surface area contributed by atoms with Gasteiger partial charge in [0, 0.05) is 29.5 Å². The number of thiophene rings is 1. The molecule has 1 aliphatic heterocycles. The predicted molar refractivity (Wildman–Crippen MR) is 99.4 cm³/mol. The fourth-order valence-electron chi connectivity index (χ4n) is 3.63. The number of nitrogens with zero attached hydrogens (tertiary/aromatic N) is 2. The lowest BCUT2D eigenvalue weighted by atomic mass is 9.90. The zero-order valence-corrected chi connectivity index (χ0v) is 14.6. The van der Waals surface area contributed by atoms with Gasteiger partial charge in [0.2, 0.25) is 0 Å². The highest BCUT2D eigenvalue weighted by molar-refractivity contribution is 7.09. The lowest BCUT2D eigenvalue weighted by Crippen LogP contribution is -2.32. The van der Waals surface area contributed by atoms with Gasteiger partial charge >= 0.3 is 0 Å². The molecule has 1 saturated heterocycles. The first kappa shape index (κ1) is 15.6. The summed E-state index contributed by atoms with van der Waals surface area (Å²) < 4.78 is 0. The molecule has 3 heterocycles. The van der Waals surface area contributed by atoms with Crippen LogP contribution in [0, 0.1) is 0 Å². The van der Waals surface area contributed by atoms with Gasteiger partial charge in [-0.2, -0.15) is 5.10 Å². The second-order valence-corrected chi connectivity index (χ2v) is 7.63. The van der Waals surface area contributed by atoms with Crippen LogP contribution in [-0.2, 0) is 13.0 Å². The Morgan fingerprint density at radius 2 is 1.92 bits per heavy atom. The molecule has 124 valence electrons. The topological polar surface area (TPSA) is 31.9 Å². The normalized spacial score (nSPS) is 16.5. The van der Waals surface area contributed by atoms with Crippen LogP contribution in [-0.4, -0.2) is 28.2 Å². The van der Waals surface area contributed by atoms with E-state index in [2.05, 4.69) is 62.9 Å². The van der Waals surface area contributed by atoms with Crippen LogP contribution in [0.5, 0.6) is 0 Å². The Balaban J connectivity index is 1.38. The Hall–Kier alpha value is -1.91. The molecule has 0 unspecified atom stereocenters. The van der Waals surface area contributed by atoms with E-state index in [9.17, 15) is 0 Å². The van der Waals surface area contributed by atoms with E-state index in [4.69, 9.17) is 0 Å². The number of piperidine rings is 1. The van der Waals surface area contributed by atoms with Gasteiger partial charge in [-0.1, -0.05) is 36.4 Å². The zero-order valence-electron chi connectivity index (χ0n) is 13.8. The van der Waals surface area contributed by atoms with E-state index in [0.29, 0.717) is 5.92 Å². The molecule has 0 saturated carbocycles. The first-order valence-corrected chi connectivity index (χ1v) is 9.57. The highest BCUT2D eigenvalue weighted by Gasteiger charge is 2.24. The van der Waals surface area contributed by atoms with Crippen LogP contribution in [0.1, 0.15) is 40.5 Å². The average molecular weight is 337 g/mol. The third-order valence-corrected chi connectivity index (χ3v) is 5.81. The maximum atomic E-state index is 4.34. The van der Waals surface area contributed by atoms with E-state index >= 15 is 0 Å². The Kier molecular flexibility index (Phi) is 4.76. The smallest absolute Gasteiger partial charge is 0.0525 e. The van der Waals surface area contributed by atoms with Crippen molar-refractivity contribution in [3.8, 4) is 0 Å². The summed E-state index contributed by atoms with van der Waals surface area (Å²) in [5, 5.41) is 9.80. The maximum Gasteiger partial charge on any atom is 0.0525 e. The molecule has 3 nitrogen and oxygen atoms in total. The van der Waals surface area contributed by atoms with Crippen molar-refractivity contribution < 1.29 is 0 Å². The van der Waals surface area contributed by atoms with E-state index < -0.39 is 0 Å². The highest BCUT2D eigenvalue weighted by Crippen LogP contribution is 2.30. The second kappa shape index (κ2) is 7.32. The summed E-state index contributed by atoms with van der Waals surface area (Å²) in [4.78, 5) is 4.05. The number of aromatic nitrogens is 2. The summed E-state index contributed by atoms with van der Waals surface area (Å²) in [5.41, 5.74) is 4.07. The quantitative estimate of drug-likeness (QED) is 0.746. The monoisotopic (exact) mass is 337 g/mol. The summed E-state index contributed by atoms with van der Waals surface area (Å²) >= 11 is 1.86. The van der Waals surface area contributed by atoms with Crippen molar-refractivity contribution in [3.63, 3.8) is 0 Å². The molecule has 0 spiro atoms. The van der Waals surface area contributed by atoms with Crippen molar-refractivity contribution in [2.75, 3.05) is 13.1 Å². The van der Waals surface area contributed by atoms with E-state index in [1.54, 1.807) is 0 Å². The molecule has 0 amide bonds. The molecule has 4 rings (SSSR count). The summed E-state index contributed by atoms with van der Waals surface area (Å²) in [7, 11) is 0. The molecule has 1 N–H and O–H groups in total. The van der Waals surface area contributed by atoms with Crippen molar-refractivity contribution in [1.29, 1.82) is 0 Å². The number of benzene rings is 1. The number of likely N-dealkylation sites (tertiary alicyclic amines) is 1. The zero-order chi connectivity index (χ0) is 16.2. The van der Waals surface area contributed by atoms with Crippen molar-refractivity contribution in [3.05, 3.63) is 75.7 Å². The van der Waals surface area contributed by atoms with Gasteiger partial charge in [0.15, 0.2) is 0 Å². The molecule has 4 heteroatoms. The molecule has 0 aliphatic carbocycles. The van der Waals surface area contributed by atoms with Crippen LogP contribution in [0.15, 0.2) is 54.0 Å². The third-order valence-electron chi connectivity index (χ3n) is 4.94. The van der Waals surface area contributed by atoms with Crippen molar-refractivity contribution >= 4 is 11.3 Å². The Labute approximate surface area is 147 Å². The summed E-state index contributed by atoms with van der Waals surface area (Å²) in [5.74, 6) is 0.616. The van der Waals surface area contributed by atoms with Gasteiger partial charge in [0.05, 0.1) is 6.20 Å². The van der Waals surface area contributed by atoms with Gasteiger partial charge in [0.25, 0.3) is 0 Å². The number of hydrogen-bond acceptors (Lipinski definition) is 3. The predicted octanol–water partition coefficient (Wildman–Crippen LogP) is 4.44. The first-order valence-electron chi connectivity index (χ1n) is 8.69. The van der Waals surface area contributed by atoms with Crippen LogP contribution in [0.2, 0.25) is 0 Å². The maximum absolute atomic E-state index is 4.34. The minimum atomic E-state index is 0.616. The molecular weight excluding hydrogens is 314 g/mol. The van der Waals surface area contributed by atoms with Crippen LogP contribution in [0.3, 0.4) is 0 Å². The molecule has 24 heavy (non-hydrogen) atoms. The fraction of sp³-hybridized carbons (Fsp3) is 0.350. The van der Waals surface area contributed by atoms with E-state index in [1.807, 2.05) is 17.5 Å². The Morgan fingerprint density at radius 3 is 2.67 bits per heavy atom. The third kappa shape index (κ3) is 3.60. The molecule has 1 fully saturated rings. The number of hydrogen-bond donors (Lipinski definition) is 1. The van der Waals surface area contributed by atoms with Crippen LogP contribution >= 0.6 is 11.3 Å². The van der Waals surface area contributed by atoms with Crippen LogP contribution in [0.25, 0.3) is 0 Å². The van der Waals surface area contributed by atoms with Gasteiger partial charge in [-0.05, 0) is 48.5 Å².